The van der Waals surface area contributed by atoms with E-state index in [4.69, 9.17) is 75.8 Å². The molecule has 3 aliphatic heterocycles. The fraction of sp³-hybridized carbons (Fsp3) is 0.540. The zero-order valence-electron chi connectivity index (χ0n) is 83.8. The lowest BCUT2D eigenvalue weighted by molar-refractivity contribution is -0.141. The molecule has 6 N–H and O–H groups in total. The molecule has 9 heterocycles. The molecule has 0 saturated heterocycles. The number of nitrogens with one attached hydrogen (secondary N) is 6. The zero-order valence-corrected chi connectivity index (χ0v) is 83.8. The molecule has 3 aliphatic rings. The first-order valence-electron chi connectivity index (χ1n) is 46.2. The first-order valence-corrected chi connectivity index (χ1v) is 46.2. The average molecular weight is 1990 g/mol. The Labute approximate surface area is 820 Å². The Bertz CT molecular complexity index is 5500. The standard InChI is InChI=1S/C100H128N8O34/c1-53(109)107-51-55(19-27-83(111)127-3)69(41-97(125)141-17)99(107)47-79-61(25-33-89(117)133-9)65(37-93(121)137-13)77(105-79)43-71-57(21-29-85(113)129-5)64(36-92(120)136-12)76(101-71)46-74-60(24-32-88(116)132-8)68(40-96(124)140-16)82(104-74)50-100(70(42-98(126)142-18)56(20-28-84(112)128-4)52-108(100)54(2)110)48-80-62(26-34-90(118)134-10)66(38-94(122)138-14)78(106-80)44-72-58(22-30-86(114)130-6)63(35-91(119)135-11)75(102-72)45-73-59(23-31-87(115)131-7)67(39-95(123)139-15)81(49-99)103-73/h101-106H,19-52H2,1-18H3/t99-,100+. The number of rotatable bonds is 40. The van der Waals surface area contributed by atoms with Crippen molar-refractivity contribution < 1.29 is 162 Å². The number of hydrogen-bond acceptors (Lipinski definition) is 34. The molecule has 12 bridgehead atoms. The molecular weight excluding hydrogens is 1860 g/mol. The Morgan fingerprint density at radius 3 is 0.535 bits per heavy atom. The van der Waals surface area contributed by atoms with Gasteiger partial charge in [-0.1, -0.05) is 0 Å². The first-order chi connectivity index (χ1) is 67.8. The fourth-order valence-electron chi connectivity index (χ4n) is 20.0. The lowest BCUT2D eigenvalue weighted by Gasteiger charge is -2.41. The molecule has 142 heavy (non-hydrogen) atoms. The van der Waals surface area contributed by atoms with E-state index in [9.17, 15) is 76.7 Å². The molecule has 0 aliphatic carbocycles. The van der Waals surface area contributed by atoms with Gasteiger partial charge in [0.25, 0.3) is 0 Å². The van der Waals surface area contributed by atoms with E-state index in [2.05, 4.69) is 29.9 Å². The maximum absolute atomic E-state index is 15.6. The Kier molecular flexibility index (Phi) is 40.1. The lowest BCUT2D eigenvalue weighted by atomic mass is 9.76. The first kappa shape index (κ1) is 111. The molecule has 0 radical (unpaired) electrons. The smallest absolute Gasteiger partial charge is 0.310 e. The molecule has 2 atom stereocenters. The second kappa shape index (κ2) is 51.2. The lowest BCUT2D eigenvalue weighted by Crippen LogP contribution is -2.53. The van der Waals surface area contributed by atoms with Gasteiger partial charge in [0.05, 0.1) is 176 Å². The third kappa shape index (κ3) is 26.8. The van der Waals surface area contributed by atoms with Crippen molar-refractivity contribution in [1.82, 2.24) is 39.7 Å². The quantitative estimate of drug-likeness (QED) is 0.0154. The van der Waals surface area contributed by atoms with Crippen LogP contribution in [0.15, 0.2) is 22.3 Å². The number of nitrogens with zero attached hydrogens (tertiary/aromatic N) is 2. The Morgan fingerprint density at radius 2 is 0.352 bits per heavy atom. The highest BCUT2D eigenvalue weighted by atomic mass is 16.6. The summed E-state index contributed by atoms with van der Waals surface area (Å²) < 4.78 is 86.0. The number of aromatic amines is 6. The van der Waals surface area contributed by atoms with Crippen LogP contribution in [0.3, 0.4) is 0 Å². The van der Waals surface area contributed by atoms with E-state index in [0.717, 1.165) is 56.9 Å². The Balaban J connectivity index is 1.61. The monoisotopic (exact) mass is 1980 g/mol. The maximum Gasteiger partial charge on any atom is 0.310 e. The molecule has 2 amide bonds. The van der Waals surface area contributed by atoms with E-state index < -0.39 is 195 Å². The highest BCUT2D eigenvalue weighted by Gasteiger charge is 2.53. The topological polar surface area (TPSA) is 556 Å². The highest BCUT2D eigenvalue weighted by molar-refractivity contribution is 5.85. The third-order valence-electron chi connectivity index (χ3n) is 27.1. The van der Waals surface area contributed by atoms with Gasteiger partial charge in [-0.2, -0.15) is 0 Å². The maximum atomic E-state index is 15.6. The van der Waals surface area contributed by atoms with E-state index in [1.807, 2.05) is 0 Å². The normalized spacial score (nSPS) is 15.1. The van der Waals surface area contributed by atoms with Gasteiger partial charge in [-0.15, -0.1) is 0 Å². The number of carbonyl (C=O) groups excluding carboxylic acids is 18. The number of aromatic nitrogens is 6. The van der Waals surface area contributed by atoms with Crippen molar-refractivity contribution in [2.45, 2.75) is 230 Å². The van der Waals surface area contributed by atoms with Crippen LogP contribution >= 0.6 is 0 Å². The molecule has 772 valence electrons. The van der Waals surface area contributed by atoms with E-state index in [1.54, 1.807) is 0 Å². The SMILES string of the molecule is COC(=O)CCC1=C(CC(=O)OC)[C@@]2(Cc3[nH]c(c(CC(=O)OC)c3CCC(=O)OC)Cc3[nH]c(c(CC(=O)OC)c3CCC(=O)OC)Cc3[nH]c(c(CC(=O)OC)c3CCC(=O)OC)C[C@]3(Cc4[nH]c(c(CC(=O)OC)c4CCC(=O)OC)Cc4[nH]c(c(CC(=O)OC)c4CCC(=O)OC)Cc4[nH]c(c(CC(=O)OC)c4CCC(=O)OC)C2)C(CC(=O)OC)=C(CCC(=O)OC)CN3C(C)=O)N(C(C)=O)C1. The van der Waals surface area contributed by atoms with Gasteiger partial charge < -0.3 is 115 Å². The van der Waals surface area contributed by atoms with Gasteiger partial charge in [0.15, 0.2) is 0 Å². The summed E-state index contributed by atoms with van der Waals surface area (Å²) in [5.74, 6) is -13.5. The van der Waals surface area contributed by atoms with Gasteiger partial charge in [0.1, 0.15) is 0 Å². The van der Waals surface area contributed by atoms with Crippen molar-refractivity contribution in [3.05, 3.63) is 157 Å². The summed E-state index contributed by atoms with van der Waals surface area (Å²) in [4.78, 5) is 283. The number of hydrogen-bond donors (Lipinski definition) is 6. The molecule has 6 aromatic rings. The molecule has 0 fully saturated rings. The van der Waals surface area contributed by atoms with Gasteiger partial charge >= 0.3 is 95.5 Å². The molecule has 0 unspecified atom stereocenters. The minimum absolute atomic E-state index is 0.145. The van der Waals surface area contributed by atoms with Crippen LogP contribution in [0.25, 0.3) is 0 Å². The van der Waals surface area contributed by atoms with E-state index >= 15 is 9.59 Å². The molecule has 2 spiro atoms. The summed E-state index contributed by atoms with van der Waals surface area (Å²) >= 11 is 0. The van der Waals surface area contributed by atoms with Crippen molar-refractivity contribution in [3.63, 3.8) is 0 Å². The minimum Gasteiger partial charge on any atom is -0.469 e. The van der Waals surface area contributed by atoms with Crippen LogP contribution < -0.4 is 0 Å². The largest absolute Gasteiger partial charge is 0.469 e. The van der Waals surface area contributed by atoms with E-state index in [0.29, 0.717) is 22.3 Å². The van der Waals surface area contributed by atoms with E-state index in [-0.39, 0.29) is 277 Å². The third-order valence-corrected chi connectivity index (χ3v) is 27.1. The van der Waals surface area contributed by atoms with Crippen LogP contribution in [0.1, 0.15) is 226 Å². The summed E-state index contributed by atoms with van der Waals surface area (Å²) in [7, 11) is 18.6. The molecule has 42 nitrogen and oxygen atoms in total. The fourth-order valence-corrected chi connectivity index (χ4v) is 20.0. The van der Waals surface area contributed by atoms with Crippen LogP contribution in [-0.4, -0.2) is 285 Å². The Morgan fingerprint density at radius 1 is 0.204 bits per heavy atom. The van der Waals surface area contributed by atoms with Crippen LogP contribution in [0.5, 0.6) is 0 Å². The van der Waals surface area contributed by atoms with Crippen molar-refractivity contribution in [1.29, 1.82) is 0 Å². The molecule has 6 aromatic heterocycles. The van der Waals surface area contributed by atoms with Gasteiger partial charge in [-0.05, 0) is 140 Å². The predicted molar refractivity (Wildman–Crippen MR) is 497 cm³/mol. The summed E-state index contributed by atoms with van der Waals surface area (Å²) in [6.07, 6.45) is -12.1. The highest BCUT2D eigenvalue weighted by Crippen LogP contribution is 2.50. The van der Waals surface area contributed by atoms with Crippen LogP contribution in [0, 0.1) is 0 Å². The Hall–Kier alpha value is -14.4. The van der Waals surface area contributed by atoms with Gasteiger partial charge in [-0.3, -0.25) is 86.3 Å². The summed E-state index contributed by atoms with van der Waals surface area (Å²) in [6, 6.07) is 0. The van der Waals surface area contributed by atoms with E-state index in [1.165, 1.54) is 80.5 Å². The van der Waals surface area contributed by atoms with Crippen LogP contribution in [0.2, 0.25) is 0 Å². The van der Waals surface area contributed by atoms with Crippen molar-refractivity contribution in [2.75, 3.05) is 127 Å². The summed E-state index contributed by atoms with van der Waals surface area (Å²) in [5, 5.41) is 0. The molecular formula is C100H128N8O34. The number of methoxy groups -OCH3 is 16. The van der Waals surface area contributed by atoms with Gasteiger partial charge in [0, 0.05) is 198 Å². The number of carbonyl (C=O) groups is 18. The summed E-state index contributed by atoms with van der Waals surface area (Å²) in [6.45, 7) is 1.97. The number of fused-ring (bicyclic) bond motifs is 12. The zero-order chi connectivity index (χ0) is 104. The van der Waals surface area contributed by atoms with Crippen molar-refractivity contribution in [3.8, 4) is 0 Å². The van der Waals surface area contributed by atoms with Gasteiger partial charge in [0.2, 0.25) is 11.8 Å². The second-order valence-corrected chi connectivity index (χ2v) is 34.7. The van der Waals surface area contributed by atoms with Gasteiger partial charge in [-0.25, -0.2) is 0 Å². The molecule has 0 saturated carbocycles. The number of ether oxygens (including phenoxy) is 16. The molecule has 42 heteroatoms. The van der Waals surface area contributed by atoms with Crippen molar-refractivity contribution >= 4 is 107 Å². The minimum atomic E-state index is -1.95. The number of amides is 2. The average Bonchev–Trinajstić information content (AvgIpc) is 1.58. The van der Waals surface area contributed by atoms with Crippen LogP contribution in [-0.2, 0) is 291 Å². The number of esters is 16. The predicted octanol–water partition coefficient (Wildman–Crippen LogP) is 5.66. The van der Waals surface area contributed by atoms with Crippen molar-refractivity contribution in [2.24, 2.45) is 0 Å². The second-order valence-electron chi connectivity index (χ2n) is 34.7. The molecule has 9 rings (SSSR count). The van der Waals surface area contributed by atoms with Crippen LogP contribution in [0.4, 0.5) is 0 Å². The number of H-pyrrole nitrogens is 6. The summed E-state index contributed by atoms with van der Waals surface area (Å²) in [5.41, 5.74) is 2.73. The molecule has 0 aromatic carbocycles.